The zero-order valence-electron chi connectivity index (χ0n) is 16.4. The van der Waals surface area contributed by atoms with Gasteiger partial charge < -0.3 is 9.30 Å². The van der Waals surface area contributed by atoms with Crippen molar-refractivity contribution in [3.8, 4) is 0 Å². The number of fused-ring (bicyclic) bond motifs is 1. The first-order chi connectivity index (χ1) is 14.8. The molecule has 1 unspecified atom stereocenters. The van der Waals surface area contributed by atoms with Crippen molar-refractivity contribution in [1.29, 1.82) is 0 Å². The number of hydrogen-bond donors (Lipinski definition) is 0. The Hall–Kier alpha value is -2.41. The number of hydrogen-bond acceptors (Lipinski definition) is 7. The van der Waals surface area contributed by atoms with Crippen LogP contribution >= 0.6 is 22.7 Å². The molecule has 3 aromatic rings. The Morgan fingerprint density at radius 3 is 2.81 bits per heavy atom. The summed E-state index contributed by atoms with van der Waals surface area (Å²) in [5.41, 5.74) is 0.138. The summed E-state index contributed by atoms with van der Waals surface area (Å²) in [5.74, 6) is -1.84. The molecule has 1 saturated heterocycles. The molecule has 1 fully saturated rings. The topological polar surface area (TPSA) is 98.0 Å². The summed E-state index contributed by atoms with van der Waals surface area (Å²) in [7, 11) is -2.60. The fourth-order valence-corrected chi connectivity index (χ4v) is 7.30. The number of methoxy groups -OCH3 is 1. The molecule has 0 radical (unpaired) electrons. The summed E-state index contributed by atoms with van der Waals surface area (Å²) >= 11 is 2.13. The lowest BCUT2D eigenvalue weighted by Crippen LogP contribution is -2.40. The Bertz CT molecular complexity index is 1310. The van der Waals surface area contributed by atoms with Crippen LogP contribution in [-0.4, -0.2) is 48.9 Å². The summed E-state index contributed by atoms with van der Waals surface area (Å²) < 4.78 is 48.1. The van der Waals surface area contributed by atoms with Gasteiger partial charge in [-0.25, -0.2) is 12.8 Å². The molecule has 12 heteroatoms. The van der Waals surface area contributed by atoms with Gasteiger partial charge in [0.25, 0.3) is 15.9 Å². The molecular weight excluding hydrogens is 465 g/mol. The summed E-state index contributed by atoms with van der Waals surface area (Å²) in [5, 5.41) is 1.66. The molecule has 4 rings (SSSR count). The van der Waals surface area contributed by atoms with Crippen molar-refractivity contribution in [1.82, 2.24) is 8.87 Å². The Morgan fingerprint density at radius 2 is 2.10 bits per heavy atom. The third-order valence-electron chi connectivity index (χ3n) is 4.92. The zero-order chi connectivity index (χ0) is 22.2. The molecule has 8 nitrogen and oxygen atoms in total. The van der Waals surface area contributed by atoms with Crippen LogP contribution in [0.1, 0.15) is 12.8 Å². The lowest BCUT2D eigenvalue weighted by molar-refractivity contribution is -0.141. The molecule has 1 aromatic carbocycles. The highest BCUT2D eigenvalue weighted by atomic mass is 32.2. The number of esters is 1. The van der Waals surface area contributed by atoms with E-state index in [1.807, 2.05) is 0 Å². The van der Waals surface area contributed by atoms with Crippen LogP contribution in [0.3, 0.4) is 0 Å². The highest BCUT2D eigenvalue weighted by Gasteiger charge is 2.40. The first-order valence-electron chi connectivity index (χ1n) is 9.31. The number of rotatable bonds is 5. The van der Waals surface area contributed by atoms with Gasteiger partial charge in [0.1, 0.15) is 22.6 Å². The first-order valence-corrected chi connectivity index (χ1v) is 12.4. The maximum Gasteiger partial charge on any atom is 0.325 e. The van der Waals surface area contributed by atoms with Crippen LogP contribution in [0, 0.1) is 5.82 Å². The van der Waals surface area contributed by atoms with Crippen molar-refractivity contribution < 1.29 is 27.1 Å². The van der Waals surface area contributed by atoms with E-state index in [1.165, 1.54) is 34.2 Å². The van der Waals surface area contributed by atoms with Gasteiger partial charge >= 0.3 is 5.97 Å². The molecule has 1 aliphatic heterocycles. The van der Waals surface area contributed by atoms with Gasteiger partial charge in [-0.1, -0.05) is 23.5 Å². The van der Waals surface area contributed by atoms with Gasteiger partial charge in [0, 0.05) is 6.54 Å². The van der Waals surface area contributed by atoms with E-state index in [1.54, 1.807) is 17.5 Å². The van der Waals surface area contributed by atoms with E-state index >= 15 is 0 Å². The number of nitrogens with zero attached hydrogens (tertiary/aromatic N) is 3. The Balaban J connectivity index is 1.76. The van der Waals surface area contributed by atoms with E-state index in [9.17, 15) is 22.4 Å². The molecule has 1 aliphatic rings. The molecule has 0 bridgehead atoms. The van der Waals surface area contributed by atoms with Crippen LogP contribution in [-0.2, 0) is 30.9 Å². The summed E-state index contributed by atoms with van der Waals surface area (Å²) in [6.45, 7) is -0.110. The predicted octanol–water partition coefficient (Wildman–Crippen LogP) is 2.36. The molecular formula is C19H18FN3O5S3. The maximum atomic E-state index is 14.4. The van der Waals surface area contributed by atoms with Gasteiger partial charge in [0.2, 0.25) is 0 Å². The number of amides is 1. The smallest absolute Gasteiger partial charge is 0.325 e. The number of thiazole rings is 1. The fourth-order valence-electron chi connectivity index (χ4n) is 3.48. The molecule has 0 aliphatic carbocycles. The minimum Gasteiger partial charge on any atom is -0.468 e. The van der Waals surface area contributed by atoms with Gasteiger partial charge in [-0.15, -0.1) is 11.3 Å². The van der Waals surface area contributed by atoms with Crippen molar-refractivity contribution in [2.24, 2.45) is 4.99 Å². The second-order valence-corrected chi connectivity index (χ2v) is 10.9. The van der Waals surface area contributed by atoms with Crippen LogP contribution in [0.5, 0.6) is 0 Å². The number of ether oxygens (including phenoxy) is 1. The van der Waals surface area contributed by atoms with Crippen LogP contribution in [0.2, 0.25) is 0 Å². The molecule has 164 valence electrons. The molecule has 31 heavy (non-hydrogen) atoms. The van der Waals surface area contributed by atoms with Crippen molar-refractivity contribution in [2.75, 3.05) is 13.7 Å². The van der Waals surface area contributed by atoms with Crippen molar-refractivity contribution in [3.05, 3.63) is 46.3 Å². The number of halogens is 1. The van der Waals surface area contributed by atoms with E-state index in [0.29, 0.717) is 17.5 Å². The minimum atomic E-state index is -3.81. The minimum absolute atomic E-state index is 0.107. The standard InChI is InChI=1S/C19H18FN3O5S3/c1-28-15(24)11-22-17-12(20)5-2-7-14(17)30-19(22)21-18(25)13-6-3-9-23(13)31(26,27)16-8-4-10-29-16/h2,4-5,7-8,10,13H,3,6,9,11H2,1H3. The summed E-state index contributed by atoms with van der Waals surface area (Å²) in [6, 6.07) is 6.61. The Morgan fingerprint density at radius 1 is 1.29 bits per heavy atom. The number of carbonyl (C=O) groups excluding carboxylic acids is 2. The zero-order valence-corrected chi connectivity index (χ0v) is 18.8. The third kappa shape index (κ3) is 4.07. The number of para-hydroxylation sites is 1. The summed E-state index contributed by atoms with van der Waals surface area (Å²) in [6.07, 6.45) is 0.864. The SMILES string of the molecule is COC(=O)Cn1c(=NC(=O)C2CCCN2S(=O)(=O)c2cccs2)sc2cccc(F)c21. The van der Waals surface area contributed by atoms with Crippen molar-refractivity contribution in [3.63, 3.8) is 0 Å². The van der Waals surface area contributed by atoms with E-state index in [4.69, 9.17) is 0 Å². The molecule has 3 heterocycles. The lowest BCUT2D eigenvalue weighted by atomic mass is 10.2. The molecule has 0 spiro atoms. The highest BCUT2D eigenvalue weighted by molar-refractivity contribution is 7.91. The number of thiophene rings is 1. The highest BCUT2D eigenvalue weighted by Crippen LogP contribution is 2.29. The summed E-state index contributed by atoms with van der Waals surface area (Å²) in [4.78, 5) is 29.1. The third-order valence-corrected chi connectivity index (χ3v) is 9.24. The van der Waals surface area contributed by atoms with Gasteiger partial charge in [0.15, 0.2) is 4.80 Å². The van der Waals surface area contributed by atoms with Gasteiger partial charge in [0.05, 0.1) is 17.3 Å². The average molecular weight is 484 g/mol. The largest absolute Gasteiger partial charge is 0.468 e. The molecule has 1 atom stereocenters. The van der Waals surface area contributed by atoms with E-state index in [-0.39, 0.29) is 27.6 Å². The molecule has 0 N–H and O–H groups in total. The quantitative estimate of drug-likeness (QED) is 0.519. The second kappa shape index (κ2) is 8.61. The molecule has 1 amide bonds. The fraction of sp³-hybridized carbons (Fsp3) is 0.316. The van der Waals surface area contributed by atoms with Crippen LogP contribution < -0.4 is 4.80 Å². The number of sulfonamides is 1. The lowest BCUT2D eigenvalue weighted by Gasteiger charge is -2.20. The van der Waals surface area contributed by atoms with Crippen LogP contribution in [0.4, 0.5) is 4.39 Å². The Labute approximate surface area is 185 Å². The van der Waals surface area contributed by atoms with Crippen molar-refractivity contribution in [2.45, 2.75) is 29.6 Å². The normalized spacial score (nSPS) is 18.0. The maximum absolute atomic E-state index is 14.4. The van der Waals surface area contributed by atoms with Gasteiger partial charge in [-0.05, 0) is 36.4 Å². The van der Waals surface area contributed by atoms with E-state index in [2.05, 4.69) is 9.73 Å². The molecule has 0 saturated carbocycles. The van der Waals surface area contributed by atoms with Gasteiger partial charge in [-0.2, -0.15) is 9.30 Å². The second-order valence-electron chi connectivity index (χ2n) is 6.79. The molecule has 2 aromatic heterocycles. The number of carbonyl (C=O) groups is 2. The monoisotopic (exact) mass is 483 g/mol. The van der Waals surface area contributed by atoms with E-state index in [0.717, 1.165) is 22.7 Å². The van der Waals surface area contributed by atoms with Gasteiger partial charge in [-0.3, -0.25) is 9.59 Å². The average Bonchev–Trinajstić information content (AvgIpc) is 3.49. The predicted molar refractivity (Wildman–Crippen MR) is 114 cm³/mol. The Kier molecular flexibility index (Phi) is 6.06. The number of aromatic nitrogens is 1. The van der Waals surface area contributed by atoms with Crippen molar-refractivity contribution >= 4 is 54.8 Å². The first kappa shape index (κ1) is 21.8. The van der Waals surface area contributed by atoms with Crippen LogP contribution in [0.25, 0.3) is 10.2 Å². The van der Waals surface area contributed by atoms with E-state index < -0.39 is 33.8 Å². The van der Waals surface area contributed by atoms with Crippen LogP contribution in [0.15, 0.2) is 44.9 Å². The number of benzene rings is 1.